The van der Waals surface area contributed by atoms with Crippen molar-refractivity contribution in [2.24, 2.45) is 0 Å². The highest BCUT2D eigenvalue weighted by molar-refractivity contribution is 7.94. The highest BCUT2D eigenvalue weighted by Crippen LogP contribution is 2.41. The molecular formula is C17H15NO4S3. The number of esters is 1. The topological polar surface area (TPSA) is 72.5 Å². The molecule has 0 amide bonds. The molecule has 0 unspecified atom stereocenters. The fourth-order valence-electron chi connectivity index (χ4n) is 2.45. The summed E-state index contributed by atoms with van der Waals surface area (Å²) in [6.45, 7) is 1.85. The lowest BCUT2D eigenvalue weighted by Gasteiger charge is -2.08. The smallest absolute Gasteiger partial charge is 0.341 e. The first-order chi connectivity index (χ1) is 11.9. The molecule has 0 aliphatic rings. The number of anilines is 1. The van der Waals surface area contributed by atoms with Crippen molar-refractivity contribution >= 4 is 43.7 Å². The molecule has 0 saturated heterocycles. The van der Waals surface area contributed by atoms with Crippen molar-refractivity contribution in [1.29, 1.82) is 0 Å². The highest BCUT2D eigenvalue weighted by Gasteiger charge is 2.27. The van der Waals surface area contributed by atoms with Crippen LogP contribution in [0.4, 0.5) is 5.00 Å². The Morgan fingerprint density at radius 1 is 1.12 bits per heavy atom. The summed E-state index contributed by atoms with van der Waals surface area (Å²) >= 11 is 2.33. The fraction of sp³-hybridized carbons (Fsp3) is 0.118. The number of carbonyl (C=O) groups is 1. The molecule has 0 atom stereocenters. The minimum Gasteiger partial charge on any atom is -0.465 e. The molecule has 3 aromatic rings. The van der Waals surface area contributed by atoms with E-state index in [1.807, 2.05) is 37.3 Å². The van der Waals surface area contributed by atoms with Gasteiger partial charge in [0.1, 0.15) is 14.8 Å². The van der Waals surface area contributed by atoms with E-state index in [-0.39, 0.29) is 14.8 Å². The Morgan fingerprint density at radius 3 is 2.44 bits per heavy atom. The Balaban J connectivity index is 2.14. The van der Waals surface area contributed by atoms with E-state index in [0.29, 0.717) is 5.56 Å². The van der Waals surface area contributed by atoms with Crippen molar-refractivity contribution in [3.05, 3.63) is 58.3 Å². The van der Waals surface area contributed by atoms with Crippen LogP contribution in [0.2, 0.25) is 0 Å². The predicted octanol–water partition coefficient (Wildman–Crippen LogP) is 4.37. The third-order valence-electron chi connectivity index (χ3n) is 3.52. The second-order valence-corrected chi connectivity index (χ2v) is 9.21. The number of ether oxygens (including phenoxy) is 1. The molecule has 0 radical (unpaired) electrons. The number of carbonyl (C=O) groups excluding carboxylic acids is 1. The van der Waals surface area contributed by atoms with Crippen LogP contribution >= 0.6 is 22.7 Å². The maximum absolute atomic E-state index is 12.5. The Morgan fingerprint density at radius 2 is 1.84 bits per heavy atom. The summed E-state index contributed by atoms with van der Waals surface area (Å²) in [5.74, 6) is -0.577. The van der Waals surface area contributed by atoms with Crippen LogP contribution in [0, 0.1) is 6.92 Å². The first kappa shape index (κ1) is 17.7. The molecule has 2 heterocycles. The van der Waals surface area contributed by atoms with E-state index in [2.05, 4.69) is 4.72 Å². The average molecular weight is 394 g/mol. The van der Waals surface area contributed by atoms with Gasteiger partial charge in [0, 0.05) is 10.4 Å². The van der Waals surface area contributed by atoms with Crippen molar-refractivity contribution < 1.29 is 17.9 Å². The highest BCUT2D eigenvalue weighted by atomic mass is 32.2. The molecule has 25 heavy (non-hydrogen) atoms. The van der Waals surface area contributed by atoms with Crippen LogP contribution in [-0.4, -0.2) is 21.5 Å². The minimum absolute atomic E-state index is 0.190. The van der Waals surface area contributed by atoms with Crippen molar-refractivity contribution in [1.82, 2.24) is 0 Å². The van der Waals surface area contributed by atoms with E-state index >= 15 is 0 Å². The van der Waals surface area contributed by atoms with Gasteiger partial charge in [-0.05, 0) is 23.9 Å². The van der Waals surface area contributed by atoms with Gasteiger partial charge in [-0.25, -0.2) is 13.2 Å². The third kappa shape index (κ3) is 3.46. The zero-order chi connectivity index (χ0) is 18.0. The Bertz CT molecular complexity index is 990. The van der Waals surface area contributed by atoms with E-state index in [0.717, 1.165) is 21.8 Å². The maximum atomic E-state index is 12.5. The Kier molecular flexibility index (Phi) is 4.94. The lowest BCUT2D eigenvalue weighted by atomic mass is 10.0. The number of benzene rings is 1. The molecule has 130 valence electrons. The van der Waals surface area contributed by atoms with Gasteiger partial charge in [-0.2, -0.15) is 0 Å². The van der Waals surface area contributed by atoms with Gasteiger partial charge in [-0.15, -0.1) is 22.7 Å². The number of hydrogen-bond acceptors (Lipinski definition) is 6. The van der Waals surface area contributed by atoms with Gasteiger partial charge in [0.15, 0.2) is 0 Å². The molecule has 0 aliphatic carbocycles. The molecule has 0 spiro atoms. The summed E-state index contributed by atoms with van der Waals surface area (Å²) in [6, 6.07) is 12.5. The van der Waals surface area contributed by atoms with Gasteiger partial charge in [0.25, 0.3) is 10.0 Å². The van der Waals surface area contributed by atoms with Crippen molar-refractivity contribution in [2.75, 3.05) is 11.8 Å². The van der Waals surface area contributed by atoms with Gasteiger partial charge >= 0.3 is 5.97 Å². The minimum atomic E-state index is -3.75. The van der Waals surface area contributed by atoms with E-state index < -0.39 is 16.0 Å². The van der Waals surface area contributed by atoms with Crippen LogP contribution < -0.4 is 4.72 Å². The number of thiophene rings is 2. The zero-order valence-electron chi connectivity index (χ0n) is 13.5. The van der Waals surface area contributed by atoms with Gasteiger partial charge in [0.2, 0.25) is 0 Å². The quantitative estimate of drug-likeness (QED) is 0.653. The third-order valence-corrected chi connectivity index (χ3v) is 7.42. The van der Waals surface area contributed by atoms with Crippen LogP contribution in [0.1, 0.15) is 15.2 Å². The number of aryl methyl sites for hydroxylation is 1. The number of nitrogens with one attached hydrogen (secondary N) is 1. The molecule has 0 fully saturated rings. The Hall–Kier alpha value is -2.16. The fourth-order valence-corrected chi connectivity index (χ4v) is 5.82. The largest absolute Gasteiger partial charge is 0.465 e. The second-order valence-electron chi connectivity index (χ2n) is 5.13. The first-order valence-corrected chi connectivity index (χ1v) is 10.5. The normalized spacial score (nSPS) is 11.3. The molecule has 3 rings (SSSR count). The molecule has 1 N–H and O–H groups in total. The van der Waals surface area contributed by atoms with Gasteiger partial charge in [0.05, 0.1) is 7.11 Å². The monoisotopic (exact) mass is 393 g/mol. The predicted molar refractivity (Wildman–Crippen MR) is 101 cm³/mol. The average Bonchev–Trinajstić information content (AvgIpc) is 3.23. The second kappa shape index (κ2) is 6.99. The van der Waals surface area contributed by atoms with Crippen LogP contribution in [0.5, 0.6) is 0 Å². The van der Waals surface area contributed by atoms with Gasteiger partial charge in [-0.3, -0.25) is 4.72 Å². The molecule has 8 heteroatoms. The van der Waals surface area contributed by atoms with Gasteiger partial charge in [-0.1, -0.05) is 36.4 Å². The molecule has 2 aromatic heterocycles. The SMILES string of the molecule is COC(=O)c1c(NS(=O)(=O)c2cccs2)sc(C)c1-c1ccccc1. The molecule has 5 nitrogen and oxygen atoms in total. The van der Waals surface area contributed by atoms with Crippen LogP contribution in [-0.2, 0) is 14.8 Å². The van der Waals surface area contributed by atoms with E-state index in [1.165, 1.54) is 24.5 Å². The molecule has 0 saturated carbocycles. The first-order valence-electron chi connectivity index (χ1n) is 7.27. The lowest BCUT2D eigenvalue weighted by Crippen LogP contribution is -2.13. The molecule has 0 aliphatic heterocycles. The molecule has 1 aromatic carbocycles. The van der Waals surface area contributed by atoms with Gasteiger partial charge < -0.3 is 4.74 Å². The number of rotatable bonds is 5. The zero-order valence-corrected chi connectivity index (χ0v) is 15.9. The summed E-state index contributed by atoms with van der Waals surface area (Å²) in [5.41, 5.74) is 1.75. The number of methoxy groups -OCH3 is 1. The van der Waals surface area contributed by atoms with Crippen molar-refractivity contribution in [2.45, 2.75) is 11.1 Å². The summed E-state index contributed by atoms with van der Waals surface area (Å²) in [6.07, 6.45) is 0. The van der Waals surface area contributed by atoms with E-state index in [1.54, 1.807) is 11.4 Å². The Labute approximate surface area is 154 Å². The molecule has 0 bridgehead atoms. The lowest BCUT2D eigenvalue weighted by molar-refractivity contribution is 0.0603. The van der Waals surface area contributed by atoms with Crippen molar-refractivity contribution in [3.8, 4) is 11.1 Å². The van der Waals surface area contributed by atoms with E-state index in [9.17, 15) is 13.2 Å². The molecular weight excluding hydrogens is 378 g/mol. The summed E-state index contributed by atoms with van der Waals surface area (Å²) < 4.78 is 32.7. The summed E-state index contributed by atoms with van der Waals surface area (Å²) in [4.78, 5) is 13.2. The van der Waals surface area contributed by atoms with Crippen LogP contribution in [0.3, 0.4) is 0 Å². The van der Waals surface area contributed by atoms with E-state index in [4.69, 9.17) is 4.74 Å². The summed E-state index contributed by atoms with van der Waals surface area (Å²) in [5, 5.41) is 1.95. The number of hydrogen-bond donors (Lipinski definition) is 1. The maximum Gasteiger partial charge on any atom is 0.341 e. The summed E-state index contributed by atoms with van der Waals surface area (Å²) in [7, 11) is -2.47. The van der Waals surface area contributed by atoms with Crippen molar-refractivity contribution in [3.63, 3.8) is 0 Å². The van der Waals surface area contributed by atoms with Crippen LogP contribution in [0.25, 0.3) is 11.1 Å². The number of sulfonamides is 1. The standard InChI is InChI=1S/C17H15NO4S3/c1-11-14(12-7-4-3-5-8-12)15(17(19)22-2)16(24-11)18-25(20,21)13-9-6-10-23-13/h3-10,18H,1-2H3. The van der Waals surface area contributed by atoms with Crippen LogP contribution in [0.15, 0.2) is 52.1 Å².